The van der Waals surface area contributed by atoms with E-state index in [9.17, 15) is 4.79 Å². The maximum absolute atomic E-state index is 10.2. The molecule has 1 rings (SSSR count). The summed E-state index contributed by atoms with van der Waals surface area (Å²) in [6.07, 6.45) is 0.259. The van der Waals surface area contributed by atoms with E-state index in [0.29, 0.717) is 12.9 Å². The smallest absolute Gasteiger partial charge is 0.145 e. The van der Waals surface area contributed by atoms with Gasteiger partial charge < -0.3 is 14.3 Å². The van der Waals surface area contributed by atoms with Gasteiger partial charge in [0.15, 0.2) is 0 Å². The van der Waals surface area contributed by atoms with Crippen molar-refractivity contribution in [3.8, 4) is 0 Å². The molecule has 0 amide bonds. The van der Waals surface area contributed by atoms with Crippen molar-refractivity contribution in [1.29, 1.82) is 0 Å². The summed E-state index contributed by atoms with van der Waals surface area (Å²) in [7, 11) is 0. The third kappa shape index (κ3) is 6.00. The van der Waals surface area contributed by atoms with Gasteiger partial charge in [0.25, 0.3) is 0 Å². The summed E-state index contributed by atoms with van der Waals surface area (Å²) >= 11 is 0. The molecule has 0 aromatic heterocycles. The molecular formula is C12H15N3O3. The van der Waals surface area contributed by atoms with Crippen molar-refractivity contribution in [2.24, 2.45) is 5.11 Å². The van der Waals surface area contributed by atoms with E-state index in [1.165, 1.54) is 0 Å². The lowest BCUT2D eigenvalue weighted by Gasteiger charge is -2.14. The predicted octanol–water partition coefficient (Wildman–Crippen LogP) is 2.10. The maximum Gasteiger partial charge on any atom is 0.145 e. The average Bonchev–Trinajstić information content (AvgIpc) is 2.42. The molecule has 0 fully saturated rings. The van der Waals surface area contributed by atoms with Crippen LogP contribution in [0, 0.1) is 0 Å². The minimum atomic E-state index is -0.394. The van der Waals surface area contributed by atoms with Gasteiger partial charge in [-0.3, -0.25) is 0 Å². The van der Waals surface area contributed by atoms with Crippen molar-refractivity contribution in [1.82, 2.24) is 0 Å². The second-order valence-electron chi connectivity index (χ2n) is 3.54. The first-order valence-corrected chi connectivity index (χ1v) is 5.54. The molecule has 6 heteroatoms. The summed E-state index contributed by atoms with van der Waals surface area (Å²) < 4.78 is 10.6. The summed E-state index contributed by atoms with van der Waals surface area (Å²) in [4.78, 5) is 12.9. The predicted molar refractivity (Wildman–Crippen MR) is 65.9 cm³/mol. The Balaban J connectivity index is 2.31. The summed E-state index contributed by atoms with van der Waals surface area (Å²) in [6.45, 7) is 0.860. The van der Waals surface area contributed by atoms with E-state index in [1.54, 1.807) is 0 Å². The van der Waals surface area contributed by atoms with Gasteiger partial charge in [0, 0.05) is 4.91 Å². The monoisotopic (exact) mass is 249 g/mol. The van der Waals surface area contributed by atoms with Crippen molar-refractivity contribution in [2.45, 2.75) is 12.7 Å². The van der Waals surface area contributed by atoms with Gasteiger partial charge in [-0.05, 0) is 11.1 Å². The first kappa shape index (κ1) is 14.2. The zero-order valence-electron chi connectivity index (χ0n) is 9.94. The van der Waals surface area contributed by atoms with Crippen LogP contribution in [0.2, 0.25) is 0 Å². The largest absolute Gasteiger partial charge is 0.374 e. The van der Waals surface area contributed by atoms with E-state index in [0.717, 1.165) is 5.56 Å². The number of carbonyl (C=O) groups excluding carboxylic acids is 1. The molecule has 0 saturated carbocycles. The Bertz CT molecular complexity index is 391. The molecule has 18 heavy (non-hydrogen) atoms. The van der Waals surface area contributed by atoms with Crippen LogP contribution in [-0.2, 0) is 20.9 Å². The molecule has 0 saturated heterocycles. The highest BCUT2D eigenvalue weighted by atomic mass is 16.5. The maximum atomic E-state index is 10.2. The zero-order valence-corrected chi connectivity index (χ0v) is 9.94. The van der Waals surface area contributed by atoms with Crippen molar-refractivity contribution >= 4 is 6.29 Å². The molecular weight excluding hydrogens is 234 g/mol. The molecule has 1 aromatic rings. The lowest BCUT2D eigenvalue weighted by atomic mass is 10.2. The lowest BCUT2D eigenvalue weighted by molar-refractivity contribution is -0.115. The lowest BCUT2D eigenvalue weighted by Crippen LogP contribution is -2.24. The topological polar surface area (TPSA) is 84.3 Å². The van der Waals surface area contributed by atoms with Crippen LogP contribution in [0.25, 0.3) is 10.4 Å². The fourth-order valence-corrected chi connectivity index (χ4v) is 1.34. The van der Waals surface area contributed by atoms with Gasteiger partial charge in [-0.15, -0.1) is 0 Å². The molecule has 0 aliphatic heterocycles. The summed E-state index contributed by atoms with van der Waals surface area (Å²) in [5.41, 5.74) is 9.29. The van der Waals surface area contributed by atoms with Gasteiger partial charge >= 0.3 is 0 Å². The average molecular weight is 249 g/mol. The van der Waals surface area contributed by atoms with Crippen LogP contribution in [0.4, 0.5) is 0 Å². The van der Waals surface area contributed by atoms with Gasteiger partial charge in [-0.25, -0.2) is 0 Å². The molecule has 0 aliphatic carbocycles. The van der Waals surface area contributed by atoms with E-state index >= 15 is 0 Å². The Labute approximate surface area is 105 Å². The van der Waals surface area contributed by atoms with Crippen LogP contribution < -0.4 is 0 Å². The number of ether oxygens (including phenoxy) is 2. The second-order valence-corrected chi connectivity index (χ2v) is 3.54. The highest BCUT2D eigenvalue weighted by molar-refractivity contribution is 5.50. The van der Waals surface area contributed by atoms with E-state index in [-0.39, 0.29) is 19.8 Å². The molecule has 0 unspecified atom stereocenters. The Morgan fingerprint density at radius 2 is 2.17 bits per heavy atom. The summed E-state index contributed by atoms with van der Waals surface area (Å²) in [5, 5.41) is 3.41. The molecule has 96 valence electrons. The summed E-state index contributed by atoms with van der Waals surface area (Å²) in [6, 6.07) is 9.70. The highest BCUT2D eigenvalue weighted by Gasteiger charge is 2.08. The van der Waals surface area contributed by atoms with Crippen LogP contribution >= 0.6 is 0 Å². The molecule has 0 aliphatic rings. The molecule has 1 atom stereocenters. The first-order chi connectivity index (χ1) is 8.86. The number of benzene rings is 1. The van der Waals surface area contributed by atoms with Gasteiger partial charge in [-0.2, -0.15) is 0 Å². The number of carbonyl (C=O) groups is 1. The van der Waals surface area contributed by atoms with Crippen molar-refractivity contribution in [3.63, 3.8) is 0 Å². The minimum absolute atomic E-state index is 0.0275. The number of nitrogens with zero attached hydrogens (tertiary/aromatic N) is 3. The summed E-state index contributed by atoms with van der Waals surface area (Å²) in [5.74, 6) is 0. The quantitative estimate of drug-likeness (QED) is 0.291. The third-order valence-electron chi connectivity index (χ3n) is 2.16. The number of azide groups is 1. The van der Waals surface area contributed by atoms with Gasteiger partial charge in [0.1, 0.15) is 12.9 Å². The number of hydrogen-bond donors (Lipinski definition) is 0. The zero-order chi connectivity index (χ0) is 13.1. The molecule has 0 radical (unpaired) electrons. The van der Waals surface area contributed by atoms with Crippen LogP contribution in [0.3, 0.4) is 0 Å². The standard InChI is InChI=1S/C12H15N3O3/c13-15-14-8-12(18-7-6-16)10-17-9-11-4-2-1-3-5-11/h1-6,12H,7-10H2/t12-/m1/s1. The fourth-order valence-electron chi connectivity index (χ4n) is 1.34. The molecule has 0 heterocycles. The number of aldehydes is 1. The Morgan fingerprint density at radius 1 is 1.39 bits per heavy atom. The highest BCUT2D eigenvalue weighted by Crippen LogP contribution is 2.02. The molecule has 0 bridgehead atoms. The molecule has 0 N–H and O–H groups in total. The number of rotatable bonds is 9. The minimum Gasteiger partial charge on any atom is -0.374 e. The first-order valence-electron chi connectivity index (χ1n) is 5.54. The van der Waals surface area contributed by atoms with Crippen LogP contribution in [0.5, 0.6) is 0 Å². The molecule has 0 spiro atoms. The fraction of sp³-hybridized carbons (Fsp3) is 0.417. The SMILES string of the molecule is [N-]=[N+]=NC[C@H](COCc1ccccc1)OCC=O. The van der Waals surface area contributed by atoms with E-state index in [2.05, 4.69) is 10.0 Å². The Hall–Kier alpha value is -1.88. The molecule has 6 nitrogen and oxygen atoms in total. The van der Waals surface area contributed by atoms with E-state index in [4.69, 9.17) is 15.0 Å². The van der Waals surface area contributed by atoms with Crippen LogP contribution in [-0.4, -0.2) is 32.1 Å². The van der Waals surface area contributed by atoms with E-state index < -0.39 is 6.10 Å². The Morgan fingerprint density at radius 3 is 2.83 bits per heavy atom. The van der Waals surface area contributed by atoms with Crippen molar-refractivity contribution < 1.29 is 14.3 Å². The number of hydrogen-bond acceptors (Lipinski definition) is 4. The van der Waals surface area contributed by atoms with Gasteiger partial charge in [0.05, 0.1) is 25.9 Å². The Kier molecular flexibility index (Phi) is 7.23. The van der Waals surface area contributed by atoms with Crippen LogP contribution in [0.15, 0.2) is 35.4 Å². The van der Waals surface area contributed by atoms with Crippen molar-refractivity contribution in [2.75, 3.05) is 19.8 Å². The van der Waals surface area contributed by atoms with Gasteiger partial charge in [0.2, 0.25) is 0 Å². The van der Waals surface area contributed by atoms with Crippen molar-refractivity contribution in [3.05, 3.63) is 46.3 Å². The molecule has 1 aromatic carbocycles. The van der Waals surface area contributed by atoms with E-state index in [1.807, 2.05) is 30.3 Å². The normalized spacial score (nSPS) is 11.6. The van der Waals surface area contributed by atoms with Crippen LogP contribution in [0.1, 0.15) is 5.56 Å². The third-order valence-corrected chi connectivity index (χ3v) is 2.16. The second kappa shape index (κ2) is 9.18. The van der Waals surface area contributed by atoms with Gasteiger partial charge in [-0.1, -0.05) is 35.4 Å².